The third kappa shape index (κ3) is 4.53. The highest BCUT2D eigenvalue weighted by molar-refractivity contribution is 6.39. The van der Waals surface area contributed by atoms with Crippen LogP contribution in [0.2, 0.25) is 10.0 Å². The molecule has 0 aliphatic heterocycles. The highest BCUT2D eigenvalue weighted by Gasteiger charge is 2.19. The quantitative estimate of drug-likeness (QED) is 0.468. The standard InChI is InChI=1S/C21H19Cl2N3O4/c1-4-18(27)24-14-8-6-5-7-13(14)15-9-12(25-26-15)11-30-21-19(22)16(28-2)10-17(29-3)20(21)23/h4-10H,1,11H2,2-3H3,(H,24,27)(H,25,26). The van der Waals surface area contributed by atoms with E-state index in [-0.39, 0.29) is 28.3 Å². The van der Waals surface area contributed by atoms with E-state index in [0.29, 0.717) is 28.6 Å². The average Bonchev–Trinajstić information content (AvgIpc) is 3.23. The molecule has 3 rings (SSSR count). The Labute approximate surface area is 183 Å². The molecule has 0 atom stereocenters. The number of ether oxygens (including phenoxy) is 3. The maximum Gasteiger partial charge on any atom is 0.247 e. The Hall–Kier alpha value is -3.16. The maximum atomic E-state index is 11.7. The Balaban J connectivity index is 1.83. The fraction of sp³-hybridized carbons (Fsp3) is 0.143. The highest BCUT2D eigenvalue weighted by atomic mass is 35.5. The third-order valence-electron chi connectivity index (χ3n) is 4.19. The Kier molecular flexibility index (Phi) is 6.87. The van der Waals surface area contributed by atoms with Gasteiger partial charge in [0.1, 0.15) is 33.8 Å². The van der Waals surface area contributed by atoms with Crippen LogP contribution < -0.4 is 19.5 Å². The van der Waals surface area contributed by atoms with Gasteiger partial charge in [0.2, 0.25) is 5.91 Å². The molecule has 3 aromatic rings. The van der Waals surface area contributed by atoms with Crippen molar-refractivity contribution in [2.24, 2.45) is 0 Å². The number of halogens is 2. The molecular weight excluding hydrogens is 429 g/mol. The lowest BCUT2D eigenvalue weighted by Crippen LogP contribution is -2.08. The summed E-state index contributed by atoms with van der Waals surface area (Å²) in [6.45, 7) is 3.56. The van der Waals surface area contributed by atoms with E-state index in [1.54, 1.807) is 18.2 Å². The van der Waals surface area contributed by atoms with Crippen LogP contribution in [-0.4, -0.2) is 30.3 Å². The number of aromatic nitrogens is 2. The van der Waals surface area contributed by atoms with E-state index in [1.807, 2.05) is 18.2 Å². The van der Waals surface area contributed by atoms with Crippen molar-refractivity contribution in [2.75, 3.05) is 19.5 Å². The molecule has 0 unspecified atom stereocenters. The monoisotopic (exact) mass is 447 g/mol. The van der Waals surface area contributed by atoms with Crippen LogP contribution in [0, 0.1) is 0 Å². The molecule has 0 fully saturated rings. The van der Waals surface area contributed by atoms with Gasteiger partial charge in [-0.15, -0.1) is 0 Å². The van der Waals surface area contributed by atoms with Gasteiger partial charge in [0, 0.05) is 11.6 Å². The van der Waals surface area contributed by atoms with Gasteiger partial charge in [-0.3, -0.25) is 9.89 Å². The number of H-pyrrole nitrogens is 1. The summed E-state index contributed by atoms with van der Waals surface area (Å²) in [7, 11) is 2.97. The molecule has 1 heterocycles. The Morgan fingerprint density at radius 2 is 1.83 bits per heavy atom. The lowest BCUT2D eigenvalue weighted by atomic mass is 10.1. The van der Waals surface area contributed by atoms with Gasteiger partial charge in [-0.05, 0) is 18.2 Å². The largest absolute Gasteiger partial charge is 0.495 e. The van der Waals surface area contributed by atoms with Crippen LogP contribution in [0.1, 0.15) is 5.69 Å². The summed E-state index contributed by atoms with van der Waals surface area (Å²) >= 11 is 12.7. The summed E-state index contributed by atoms with van der Waals surface area (Å²) in [5.41, 5.74) is 2.70. The van der Waals surface area contributed by atoms with Crippen LogP contribution in [0.4, 0.5) is 5.69 Å². The summed E-state index contributed by atoms with van der Waals surface area (Å²) in [6, 6.07) is 10.7. The van der Waals surface area contributed by atoms with Crippen molar-refractivity contribution in [1.82, 2.24) is 10.2 Å². The zero-order valence-electron chi connectivity index (χ0n) is 16.3. The van der Waals surface area contributed by atoms with Gasteiger partial charge in [-0.2, -0.15) is 5.10 Å². The predicted octanol–water partition coefficient (Wildman–Crippen LogP) is 5.10. The minimum Gasteiger partial charge on any atom is -0.495 e. The Bertz CT molecular complexity index is 1050. The second kappa shape index (κ2) is 9.56. The molecule has 156 valence electrons. The number of anilines is 1. The average molecular weight is 448 g/mol. The number of nitrogens with zero attached hydrogens (tertiary/aromatic N) is 1. The fourth-order valence-electron chi connectivity index (χ4n) is 2.72. The number of hydrogen-bond acceptors (Lipinski definition) is 5. The first-order chi connectivity index (χ1) is 14.5. The summed E-state index contributed by atoms with van der Waals surface area (Å²) < 4.78 is 16.3. The van der Waals surface area contributed by atoms with E-state index < -0.39 is 0 Å². The van der Waals surface area contributed by atoms with Crippen LogP contribution in [0.15, 0.2) is 49.1 Å². The molecule has 0 radical (unpaired) electrons. The van der Waals surface area contributed by atoms with Crippen LogP contribution in [0.25, 0.3) is 11.3 Å². The van der Waals surface area contributed by atoms with Gasteiger partial charge in [-0.25, -0.2) is 0 Å². The molecule has 0 bridgehead atoms. The zero-order chi connectivity index (χ0) is 21.7. The highest BCUT2D eigenvalue weighted by Crippen LogP contribution is 2.46. The van der Waals surface area contributed by atoms with Crippen LogP contribution in [-0.2, 0) is 11.4 Å². The number of rotatable bonds is 8. The molecule has 30 heavy (non-hydrogen) atoms. The van der Waals surface area contributed by atoms with Crippen molar-refractivity contribution >= 4 is 34.8 Å². The molecule has 0 saturated heterocycles. The predicted molar refractivity (Wildman–Crippen MR) is 117 cm³/mol. The number of hydrogen-bond donors (Lipinski definition) is 2. The number of aromatic amines is 1. The zero-order valence-corrected chi connectivity index (χ0v) is 17.8. The summed E-state index contributed by atoms with van der Waals surface area (Å²) in [5, 5.41) is 10.4. The molecule has 1 aromatic heterocycles. The molecule has 0 aliphatic rings. The summed E-state index contributed by atoms with van der Waals surface area (Å²) in [4.78, 5) is 11.7. The van der Waals surface area contributed by atoms with Gasteiger partial charge >= 0.3 is 0 Å². The van der Waals surface area contributed by atoms with E-state index in [1.165, 1.54) is 20.3 Å². The number of para-hydroxylation sites is 1. The van der Waals surface area contributed by atoms with Crippen LogP contribution >= 0.6 is 23.2 Å². The maximum absolute atomic E-state index is 11.7. The van der Waals surface area contributed by atoms with Crippen LogP contribution in [0.3, 0.4) is 0 Å². The van der Waals surface area contributed by atoms with E-state index in [9.17, 15) is 4.79 Å². The molecule has 7 nitrogen and oxygen atoms in total. The summed E-state index contributed by atoms with van der Waals surface area (Å²) in [5.74, 6) is 0.685. The van der Waals surface area contributed by atoms with E-state index >= 15 is 0 Å². The van der Waals surface area contributed by atoms with Crippen molar-refractivity contribution in [3.63, 3.8) is 0 Å². The van der Waals surface area contributed by atoms with Crippen LogP contribution in [0.5, 0.6) is 17.2 Å². The van der Waals surface area contributed by atoms with Crippen molar-refractivity contribution in [2.45, 2.75) is 6.61 Å². The van der Waals surface area contributed by atoms with E-state index in [0.717, 1.165) is 5.56 Å². The number of nitrogens with one attached hydrogen (secondary N) is 2. The molecule has 0 aliphatic carbocycles. The second-order valence-electron chi connectivity index (χ2n) is 6.04. The van der Waals surface area contributed by atoms with Gasteiger partial charge in [0.15, 0.2) is 5.75 Å². The molecular formula is C21H19Cl2N3O4. The smallest absolute Gasteiger partial charge is 0.247 e. The lowest BCUT2D eigenvalue weighted by Gasteiger charge is -2.14. The number of benzene rings is 2. The lowest BCUT2D eigenvalue weighted by molar-refractivity contribution is -0.111. The SMILES string of the molecule is C=CC(=O)Nc1ccccc1-c1cc(COc2c(Cl)c(OC)cc(OC)c2Cl)n[nH]1. The molecule has 0 spiro atoms. The first kappa shape index (κ1) is 21.5. The summed E-state index contributed by atoms with van der Waals surface area (Å²) in [6.07, 6.45) is 1.21. The second-order valence-corrected chi connectivity index (χ2v) is 6.79. The minimum absolute atomic E-state index is 0.0907. The van der Waals surface area contributed by atoms with Gasteiger partial charge in [0.05, 0.1) is 25.6 Å². The van der Waals surface area contributed by atoms with E-state index in [2.05, 4.69) is 22.1 Å². The first-order valence-electron chi connectivity index (χ1n) is 8.78. The van der Waals surface area contributed by atoms with Crippen molar-refractivity contribution in [3.05, 3.63) is 64.8 Å². The molecule has 2 aromatic carbocycles. The molecule has 1 amide bonds. The third-order valence-corrected chi connectivity index (χ3v) is 4.90. The van der Waals surface area contributed by atoms with Gasteiger partial charge in [0.25, 0.3) is 0 Å². The van der Waals surface area contributed by atoms with Crippen molar-refractivity contribution in [3.8, 4) is 28.5 Å². The Morgan fingerprint density at radius 1 is 1.17 bits per heavy atom. The van der Waals surface area contributed by atoms with Gasteiger partial charge in [-0.1, -0.05) is 48.0 Å². The van der Waals surface area contributed by atoms with E-state index in [4.69, 9.17) is 37.4 Å². The fourth-order valence-corrected chi connectivity index (χ4v) is 3.33. The van der Waals surface area contributed by atoms with Crippen molar-refractivity contribution in [1.29, 1.82) is 0 Å². The number of carbonyl (C=O) groups excluding carboxylic acids is 1. The first-order valence-corrected chi connectivity index (χ1v) is 9.54. The molecule has 2 N–H and O–H groups in total. The topological polar surface area (TPSA) is 85.5 Å². The van der Waals surface area contributed by atoms with Crippen molar-refractivity contribution < 1.29 is 19.0 Å². The normalized spacial score (nSPS) is 10.4. The molecule has 9 heteroatoms. The number of amides is 1. The minimum atomic E-state index is -0.304. The number of methoxy groups -OCH3 is 2. The van der Waals surface area contributed by atoms with Gasteiger partial charge < -0.3 is 19.5 Å². The Morgan fingerprint density at radius 3 is 2.47 bits per heavy atom. The number of carbonyl (C=O) groups is 1. The molecule has 0 saturated carbocycles.